The standard InChI is InChI=1S/C15H14Cl3N/c1-9-2-3-10(14(18)6-9)7-15(19)12-8-11(16)4-5-13(12)17/h2-6,8,15H,7,19H2,1H3. The number of halogens is 3. The third-order valence-corrected chi connectivity index (χ3v) is 3.94. The van der Waals surface area contributed by atoms with Gasteiger partial charge in [0.15, 0.2) is 0 Å². The van der Waals surface area contributed by atoms with Crippen LogP contribution < -0.4 is 5.73 Å². The van der Waals surface area contributed by atoms with Gasteiger partial charge in [-0.3, -0.25) is 0 Å². The van der Waals surface area contributed by atoms with Crippen molar-refractivity contribution in [1.29, 1.82) is 0 Å². The highest BCUT2D eigenvalue weighted by atomic mass is 35.5. The van der Waals surface area contributed by atoms with E-state index in [1.54, 1.807) is 18.2 Å². The lowest BCUT2D eigenvalue weighted by atomic mass is 9.99. The molecular weight excluding hydrogens is 301 g/mol. The van der Waals surface area contributed by atoms with E-state index in [9.17, 15) is 0 Å². The number of aryl methyl sites for hydroxylation is 1. The summed E-state index contributed by atoms with van der Waals surface area (Å²) >= 11 is 18.3. The summed E-state index contributed by atoms with van der Waals surface area (Å²) in [6.45, 7) is 2.00. The molecule has 0 bridgehead atoms. The third-order valence-electron chi connectivity index (χ3n) is 3.01. The summed E-state index contributed by atoms with van der Waals surface area (Å²) in [5, 5.41) is 1.98. The largest absolute Gasteiger partial charge is 0.324 e. The Hall–Kier alpha value is -0.730. The fraction of sp³-hybridized carbons (Fsp3) is 0.200. The molecule has 100 valence electrons. The van der Waals surface area contributed by atoms with E-state index in [1.807, 2.05) is 25.1 Å². The van der Waals surface area contributed by atoms with Gasteiger partial charge in [0.2, 0.25) is 0 Å². The van der Waals surface area contributed by atoms with E-state index in [0.29, 0.717) is 16.5 Å². The SMILES string of the molecule is Cc1ccc(CC(N)c2cc(Cl)ccc2Cl)c(Cl)c1. The molecule has 0 amide bonds. The molecule has 0 heterocycles. The highest BCUT2D eigenvalue weighted by molar-refractivity contribution is 6.33. The molecule has 4 heteroatoms. The predicted molar refractivity (Wildman–Crippen MR) is 83.3 cm³/mol. The number of benzene rings is 2. The molecule has 19 heavy (non-hydrogen) atoms. The molecule has 2 rings (SSSR count). The van der Waals surface area contributed by atoms with Crippen molar-refractivity contribution in [2.24, 2.45) is 5.73 Å². The smallest absolute Gasteiger partial charge is 0.0454 e. The van der Waals surface area contributed by atoms with Crippen LogP contribution in [0, 0.1) is 6.92 Å². The average Bonchev–Trinajstić information content (AvgIpc) is 2.35. The predicted octanol–water partition coefficient (Wildman–Crippen LogP) is 5.20. The Morgan fingerprint density at radius 2 is 1.74 bits per heavy atom. The van der Waals surface area contributed by atoms with E-state index < -0.39 is 0 Å². The molecule has 0 saturated heterocycles. The van der Waals surface area contributed by atoms with Crippen LogP contribution in [0.3, 0.4) is 0 Å². The fourth-order valence-electron chi connectivity index (χ4n) is 1.96. The van der Waals surface area contributed by atoms with Crippen molar-refractivity contribution in [1.82, 2.24) is 0 Å². The molecule has 0 aliphatic carbocycles. The summed E-state index contributed by atoms with van der Waals surface area (Å²) in [5.74, 6) is 0. The maximum absolute atomic E-state index is 6.22. The van der Waals surface area contributed by atoms with Gasteiger partial charge in [-0.25, -0.2) is 0 Å². The first-order chi connectivity index (χ1) is 8.97. The van der Waals surface area contributed by atoms with Gasteiger partial charge in [0.05, 0.1) is 0 Å². The van der Waals surface area contributed by atoms with E-state index in [-0.39, 0.29) is 6.04 Å². The quantitative estimate of drug-likeness (QED) is 0.828. The van der Waals surface area contributed by atoms with Gasteiger partial charge in [-0.1, -0.05) is 46.9 Å². The van der Waals surface area contributed by atoms with Crippen LogP contribution in [-0.4, -0.2) is 0 Å². The molecule has 0 aromatic heterocycles. The van der Waals surface area contributed by atoms with Gasteiger partial charge in [-0.05, 0) is 54.3 Å². The molecule has 0 aliphatic rings. The normalized spacial score (nSPS) is 12.5. The van der Waals surface area contributed by atoms with Crippen molar-refractivity contribution >= 4 is 34.8 Å². The maximum Gasteiger partial charge on any atom is 0.0454 e. The second kappa shape index (κ2) is 6.15. The molecule has 2 aromatic carbocycles. The van der Waals surface area contributed by atoms with E-state index in [0.717, 1.165) is 21.7 Å². The Kier molecular flexibility index (Phi) is 4.75. The second-order valence-electron chi connectivity index (χ2n) is 4.57. The molecule has 2 N–H and O–H groups in total. The Bertz CT molecular complexity index is 596. The molecule has 0 radical (unpaired) electrons. The Morgan fingerprint density at radius 3 is 2.42 bits per heavy atom. The van der Waals surface area contributed by atoms with Gasteiger partial charge >= 0.3 is 0 Å². The number of hydrogen-bond donors (Lipinski definition) is 1. The zero-order chi connectivity index (χ0) is 14.0. The molecular formula is C15H14Cl3N. The molecule has 0 spiro atoms. The zero-order valence-corrected chi connectivity index (χ0v) is 12.7. The molecule has 1 nitrogen and oxygen atoms in total. The Balaban J connectivity index is 2.25. The van der Waals surface area contributed by atoms with Gasteiger partial charge < -0.3 is 5.73 Å². The average molecular weight is 315 g/mol. The molecule has 1 unspecified atom stereocenters. The summed E-state index contributed by atoms with van der Waals surface area (Å²) < 4.78 is 0. The second-order valence-corrected chi connectivity index (χ2v) is 5.82. The van der Waals surface area contributed by atoms with Crippen LogP contribution in [0.2, 0.25) is 15.1 Å². The molecule has 1 atom stereocenters. The van der Waals surface area contributed by atoms with Gasteiger partial charge in [0.25, 0.3) is 0 Å². The first-order valence-electron chi connectivity index (χ1n) is 5.93. The molecule has 0 fully saturated rings. The van der Waals surface area contributed by atoms with E-state index >= 15 is 0 Å². The van der Waals surface area contributed by atoms with Gasteiger partial charge in [0, 0.05) is 21.1 Å². The Labute approximate surface area is 128 Å². The molecule has 0 saturated carbocycles. The van der Waals surface area contributed by atoms with Crippen molar-refractivity contribution < 1.29 is 0 Å². The van der Waals surface area contributed by atoms with Crippen molar-refractivity contribution in [2.45, 2.75) is 19.4 Å². The lowest BCUT2D eigenvalue weighted by Crippen LogP contribution is -2.14. The van der Waals surface area contributed by atoms with E-state index in [2.05, 4.69) is 0 Å². The van der Waals surface area contributed by atoms with E-state index in [4.69, 9.17) is 40.5 Å². The van der Waals surface area contributed by atoms with Crippen molar-refractivity contribution in [3.05, 3.63) is 68.2 Å². The molecule has 0 aliphatic heterocycles. The lowest BCUT2D eigenvalue weighted by Gasteiger charge is -2.15. The fourth-order valence-corrected chi connectivity index (χ4v) is 2.71. The van der Waals surface area contributed by atoms with E-state index in [1.165, 1.54) is 0 Å². The van der Waals surface area contributed by atoms with Crippen LogP contribution in [0.25, 0.3) is 0 Å². The number of rotatable bonds is 3. The van der Waals surface area contributed by atoms with Crippen molar-refractivity contribution in [3.63, 3.8) is 0 Å². The van der Waals surface area contributed by atoms with Crippen LogP contribution >= 0.6 is 34.8 Å². The topological polar surface area (TPSA) is 26.0 Å². The zero-order valence-electron chi connectivity index (χ0n) is 10.5. The van der Waals surface area contributed by atoms with Gasteiger partial charge in [-0.2, -0.15) is 0 Å². The van der Waals surface area contributed by atoms with Crippen molar-refractivity contribution in [2.75, 3.05) is 0 Å². The van der Waals surface area contributed by atoms with Crippen LogP contribution in [0.15, 0.2) is 36.4 Å². The summed E-state index contributed by atoms with van der Waals surface area (Å²) in [7, 11) is 0. The maximum atomic E-state index is 6.22. The number of hydrogen-bond acceptors (Lipinski definition) is 1. The van der Waals surface area contributed by atoms with Gasteiger partial charge in [-0.15, -0.1) is 0 Å². The monoisotopic (exact) mass is 313 g/mol. The highest BCUT2D eigenvalue weighted by Crippen LogP contribution is 2.29. The highest BCUT2D eigenvalue weighted by Gasteiger charge is 2.13. The Morgan fingerprint density at radius 1 is 1.00 bits per heavy atom. The lowest BCUT2D eigenvalue weighted by molar-refractivity contribution is 0.722. The van der Waals surface area contributed by atoms with Crippen LogP contribution in [0.1, 0.15) is 22.7 Å². The first kappa shape index (κ1) is 14.7. The van der Waals surface area contributed by atoms with Crippen molar-refractivity contribution in [3.8, 4) is 0 Å². The minimum atomic E-state index is -0.230. The van der Waals surface area contributed by atoms with Crippen LogP contribution in [0.5, 0.6) is 0 Å². The number of nitrogens with two attached hydrogens (primary N) is 1. The molecule has 2 aromatic rings. The first-order valence-corrected chi connectivity index (χ1v) is 7.06. The summed E-state index contributed by atoms with van der Waals surface area (Å²) in [5.41, 5.74) is 9.18. The minimum Gasteiger partial charge on any atom is -0.324 e. The van der Waals surface area contributed by atoms with Crippen LogP contribution in [-0.2, 0) is 6.42 Å². The van der Waals surface area contributed by atoms with Gasteiger partial charge in [0.1, 0.15) is 0 Å². The summed E-state index contributed by atoms with van der Waals surface area (Å²) in [4.78, 5) is 0. The van der Waals surface area contributed by atoms with Crippen LogP contribution in [0.4, 0.5) is 0 Å². The minimum absolute atomic E-state index is 0.230. The summed E-state index contributed by atoms with van der Waals surface area (Å²) in [6, 6.07) is 11.0. The summed E-state index contributed by atoms with van der Waals surface area (Å²) in [6.07, 6.45) is 0.624. The third kappa shape index (κ3) is 3.64.